The number of amides is 2. The second kappa shape index (κ2) is 10.2. The minimum Gasteiger partial charge on any atom is -0.493 e. The molecule has 0 radical (unpaired) electrons. The third kappa shape index (κ3) is 4.96. The Kier molecular flexibility index (Phi) is 6.71. The van der Waals surface area contributed by atoms with Crippen molar-refractivity contribution in [1.29, 1.82) is 0 Å². The van der Waals surface area contributed by atoms with Crippen LogP contribution in [0.1, 0.15) is 33.7 Å². The predicted molar refractivity (Wildman–Crippen MR) is 139 cm³/mol. The molecule has 1 aliphatic heterocycles. The third-order valence-electron chi connectivity index (χ3n) is 6.57. The summed E-state index contributed by atoms with van der Waals surface area (Å²) in [5.41, 5.74) is 4.45. The minimum absolute atomic E-state index is 0.0337. The normalized spacial score (nSPS) is 14.8. The topological polar surface area (TPSA) is 67.7 Å². The van der Waals surface area contributed by atoms with Crippen LogP contribution in [0.15, 0.2) is 72.8 Å². The SMILES string of the molecule is Cc1nc2ccccc2n1CC(=O)N1CCCOc2ccccc2C(=O)N(C)Cc2cccc(c2)C1. The number of carbonyl (C=O) groups is 2. The summed E-state index contributed by atoms with van der Waals surface area (Å²) in [5.74, 6) is 1.35. The van der Waals surface area contributed by atoms with E-state index in [1.54, 1.807) is 18.0 Å². The predicted octanol–water partition coefficient (Wildman–Crippen LogP) is 4.43. The molecule has 3 aromatic carbocycles. The highest BCUT2D eigenvalue weighted by molar-refractivity contribution is 5.96. The molecule has 0 aliphatic carbocycles. The van der Waals surface area contributed by atoms with Crippen molar-refractivity contribution >= 4 is 22.8 Å². The number of ether oxygens (including phenoxy) is 1. The zero-order valence-electron chi connectivity index (χ0n) is 20.7. The molecule has 184 valence electrons. The summed E-state index contributed by atoms with van der Waals surface area (Å²) < 4.78 is 7.99. The first kappa shape index (κ1) is 23.6. The minimum atomic E-state index is -0.0761. The molecule has 1 aromatic heterocycles. The number of fused-ring (bicyclic) bond motifs is 4. The van der Waals surface area contributed by atoms with Gasteiger partial charge in [0.2, 0.25) is 5.91 Å². The maximum Gasteiger partial charge on any atom is 0.257 e. The fourth-order valence-corrected chi connectivity index (χ4v) is 4.73. The van der Waals surface area contributed by atoms with E-state index in [0.717, 1.165) is 28.0 Å². The molecule has 0 atom stereocenters. The number of hydrogen-bond donors (Lipinski definition) is 0. The molecular weight excluding hydrogens is 452 g/mol. The van der Waals surface area contributed by atoms with Crippen LogP contribution in [0.4, 0.5) is 0 Å². The first-order valence-corrected chi connectivity index (χ1v) is 12.2. The molecule has 2 amide bonds. The van der Waals surface area contributed by atoms with E-state index in [-0.39, 0.29) is 18.4 Å². The molecule has 2 heterocycles. The average Bonchev–Trinajstić information content (AvgIpc) is 3.20. The van der Waals surface area contributed by atoms with Crippen LogP contribution in [0.25, 0.3) is 11.0 Å². The van der Waals surface area contributed by atoms with E-state index in [0.29, 0.717) is 44.0 Å². The van der Waals surface area contributed by atoms with Crippen molar-refractivity contribution in [3.05, 3.63) is 95.3 Å². The van der Waals surface area contributed by atoms with Gasteiger partial charge in [-0.15, -0.1) is 0 Å². The Bertz CT molecular complexity index is 1410. The van der Waals surface area contributed by atoms with Gasteiger partial charge in [-0.1, -0.05) is 48.5 Å². The van der Waals surface area contributed by atoms with Gasteiger partial charge in [-0.05, 0) is 48.7 Å². The van der Waals surface area contributed by atoms with Crippen LogP contribution in [0.3, 0.4) is 0 Å². The Morgan fingerprint density at radius 1 is 0.972 bits per heavy atom. The van der Waals surface area contributed by atoms with Crippen molar-refractivity contribution in [2.45, 2.75) is 33.0 Å². The Hall–Kier alpha value is -4.13. The molecular formula is C29H30N4O3. The van der Waals surface area contributed by atoms with E-state index in [9.17, 15) is 9.59 Å². The lowest BCUT2D eigenvalue weighted by Crippen LogP contribution is -2.35. The Balaban J connectivity index is 1.43. The molecule has 0 unspecified atom stereocenters. The van der Waals surface area contributed by atoms with Crippen LogP contribution >= 0.6 is 0 Å². The molecule has 7 heteroatoms. The van der Waals surface area contributed by atoms with Crippen LogP contribution in [0.5, 0.6) is 5.75 Å². The number of hydrogen-bond acceptors (Lipinski definition) is 4. The number of aryl methyl sites for hydroxylation is 1. The fraction of sp³-hybridized carbons (Fsp3) is 0.276. The highest BCUT2D eigenvalue weighted by atomic mass is 16.5. The van der Waals surface area contributed by atoms with Crippen LogP contribution in [-0.2, 0) is 24.4 Å². The Labute approximate surface area is 210 Å². The zero-order chi connectivity index (χ0) is 25.1. The largest absolute Gasteiger partial charge is 0.493 e. The summed E-state index contributed by atoms with van der Waals surface area (Å²) in [6.07, 6.45) is 0.646. The second-order valence-electron chi connectivity index (χ2n) is 9.23. The van der Waals surface area contributed by atoms with Crippen LogP contribution < -0.4 is 4.74 Å². The monoisotopic (exact) mass is 482 g/mol. The summed E-state index contributed by atoms with van der Waals surface area (Å²) in [6, 6.07) is 23.3. The number of para-hydroxylation sites is 3. The van der Waals surface area contributed by atoms with Crippen LogP contribution in [0.2, 0.25) is 0 Å². The van der Waals surface area contributed by atoms with Crippen molar-refractivity contribution in [2.75, 3.05) is 20.2 Å². The smallest absolute Gasteiger partial charge is 0.257 e. The highest BCUT2D eigenvalue weighted by Gasteiger charge is 2.20. The van der Waals surface area contributed by atoms with Crippen molar-refractivity contribution in [1.82, 2.24) is 19.4 Å². The number of aromatic nitrogens is 2. The number of imidazole rings is 1. The summed E-state index contributed by atoms with van der Waals surface area (Å²) in [5, 5.41) is 0. The van der Waals surface area contributed by atoms with Gasteiger partial charge in [0.05, 0.1) is 23.2 Å². The molecule has 0 spiro atoms. The first-order chi connectivity index (χ1) is 17.5. The molecule has 4 aromatic rings. The quantitative estimate of drug-likeness (QED) is 0.424. The van der Waals surface area contributed by atoms with E-state index in [2.05, 4.69) is 11.1 Å². The van der Waals surface area contributed by atoms with Crippen molar-refractivity contribution in [2.24, 2.45) is 0 Å². The lowest BCUT2D eigenvalue weighted by atomic mass is 10.1. The van der Waals surface area contributed by atoms with E-state index >= 15 is 0 Å². The van der Waals surface area contributed by atoms with E-state index in [1.807, 2.05) is 77.1 Å². The van der Waals surface area contributed by atoms with Gasteiger partial charge in [-0.2, -0.15) is 0 Å². The lowest BCUT2D eigenvalue weighted by molar-refractivity contribution is -0.132. The zero-order valence-corrected chi connectivity index (χ0v) is 20.7. The van der Waals surface area contributed by atoms with Gasteiger partial charge in [-0.3, -0.25) is 9.59 Å². The van der Waals surface area contributed by atoms with Gasteiger partial charge in [0.15, 0.2) is 0 Å². The molecule has 0 saturated heterocycles. The van der Waals surface area contributed by atoms with Crippen LogP contribution in [-0.4, -0.2) is 51.4 Å². The standard InChI is InChI=1S/C29H30N4O3/c1-21-30-25-12-4-5-13-26(25)33(21)20-28(34)32-15-8-16-36-27-14-6-3-11-24(27)29(35)31(2)18-22-9-7-10-23(17-22)19-32/h3-7,9-14,17H,8,15-16,18-20H2,1-2H3. The summed E-state index contributed by atoms with van der Waals surface area (Å²) in [4.78, 5) is 34.9. The molecule has 7 nitrogen and oxygen atoms in total. The highest BCUT2D eigenvalue weighted by Crippen LogP contribution is 2.22. The third-order valence-corrected chi connectivity index (χ3v) is 6.57. The molecule has 36 heavy (non-hydrogen) atoms. The molecule has 0 fully saturated rings. The van der Waals surface area contributed by atoms with Gasteiger partial charge in [-0.25, -0.2) is 4.98 Å². The molecule has 5 rings (SSSR count). The average molecular weight is 483 g/mol. The summed E-state index contributed by atoms with van der Waals surface area (Å²) in [7, 11) is 1.80. The molecule has 1 aliphatic rings. The Morgan fingerprint density at radius 3 is 2.58 bits per heavy atom. The van der Waals surface area contributed by atoms with Crippen molar-refractivity contribution in [3.8, 4) is 5.75 Å². The van der Waals surface area contributed by atoms with Gasteiger partial charge in [0.25, 0.3) is 5.91 Å². The van der Waals surface area contributed by atoms with Gasteiger partial charge in [0.1, 0.15) is 18.1 Å². The second-order valence-corrected chi connectivity index (χ2v) is 9.23. The summed E-state index contributed by atoms with van der Waals surface area (Å²) in [6.45, 7) is 4.08. The number of carbonyl (C=O) groups excluding carboxylic acids is 2. The maximum absolute atomic E-state index is 13.6. The van der Waals surface area contributed by atoms with E-state index in [4.69, 9.17) is 4.74 Å². The van der Waals surface area contributed by atoms with E-state index < -0.39 is 0 Å². The molecule has 2 bridgehead atoms. The van der Waals surface area contributed by atoms with Gasteiger partial charge < -0.3 is 19.1 Å². The Morgan fingerprint density at radius 2 is 1.72 bits per heavy atom. The first-order valence-electron chi connectivity index (χ1n) is 12.2. The number of rotatable bonds is 2. The number of benzene rings is 3. The molecule has 0 saturated carbocycles. The van der Waals surface area contributed by atoms with Crippen molar-refractivity contribution < 1.29 is 14.3 Å². The molecule has 0 N–H and O–H groups in total. The fourth-order valence-electron chi connectivity index (χ4n) is 4.73. The maximum atomic E-state index is 13.6. The summed E-state index contributed by atoms with van der Waals surface area (Å²) >= 11 is 0. The van der Waals surface area contributed by atoms with Gasteiger partial charge in [0, 0.05) is 26.7 Å². The van der Waals surface area contributed by atoms with Crippen molar-refractivity contribution in [3.63, 3.8) is 0 Å². The lowest BCUT2D eigenvalue weighted by Gasteiger charge is -2.25. The van der Waals surface area contributed by atoms with Gasteiger partial charge >= 0.3 is 0 Å². The van der Waals surface area contributed by atoms with E-state index in [1.165, 1.54) is 0 Å². The number of nitrogens with zero attached hydrogens (tertiary/aromatic N) is 4. The van der Waals surface area contributed by atoms with Crippen LogP contribution in [0, 0.1) is 6.92 Å².